The number of unbranched alkanes of at least 4 members (excludes halogenated alkanes) is 3. The molecule has 32 heavy (non-hydrogen) atoms. The van der Waals surface area contributed by atoms with E-state index in [1.165, 1.54) is 51.8 Å². The number of hydrogen-bond acceptors (Lipinski definition) is 4. The molecule has 0 aliphatic carbocycles. The molecule has 0 fully saturated rings. The molecule has 0 saturated heterocycles. The average molecular weight is 553 g/mol. The fourth-order valence-corrected chi connectivity index (χ4v) is 23.6. The van der Waals surface area contributed by atoms with Gasteiger partial charge >= 0.3 is 201 Å². The van der Waals surface area contributed by atoms with Crippen LogP contribution in [0, 0.1) is 5.41 Å². The Balaban J connectivity index is 2.95. The van der Waals surface area contributed by atoms with Gasteiger partial charge in [0.2, 0.25) is 0 Å². The van der Waals surface area contributed by atoms with E-state index >= 15 is 0 Å². The first-order valence-electron chi connectivity index (χ1n) is 12.8. The van der Waals surface area contributed by atoms with Crippen molar-refractivity contribution < 1.29 is 19.1 Å². The Morgan fingerprint density at radius 1 is 0.844 bits per heavy atom. The molecule has 5 heteroatoms. The van der Waals surface area contributed by atoms with E-state index in [0.717, 1.165) is 22.8 Å². The van der Waals surface area contributed by atoms with Crippen LogP contribution in [-0.4, -0.2) is 30.5 Å². The summed E-state index contributed by atoms with van der Waals surface area (Å²) >= 11 is -2.59. The summed E-state index contributed by atoms with van der Waals surface area (Å²) in [4.78, 5) is 25.6. The van der Waals surface area contributed by atoms with E-state index in [1.54, 1.807) is 0 Å². The quantitative estimate of drug-likeness (QED) is 0.117. The number of hydrogen-bond donors (Lipinski definition) is 0. The molecule has 0 radical (unpaired) electrons. The predicted molar refractivity (Wildman–Crippen MR) is 135 cm³/mol. The summed E-state index contributed by atoms with van der Waals surface area (Å²) in [6, 6.07) is 9.46. The van der Waals surface area contributed by atoms with Gasteiger partial charge in [-0.2, -0.15) is 0 Å². The van der Waals surface area contributed by atoms with E-state index < -0.39 is 29.9 Å². The maximum absolute atomic E-state index is 13.3. The van der Waals surface area contributed by atoms with Crippen LogP contribution in [0.1, 0.15) is 91.5 Å². The fourth-order valence-electron chi connectivity index (χ4n) is 4.88. The zero-order valence-electron chi connectivity index (χ0n) is 21.2. The SMILES string of the molecule is CCC[CH2][Sn]([CH2]CCC)([CH2]CCC)[CH2]C(C)(CCC)C(=O)OC(=O)OCc1ccccc1. The van der Waals surface area contributed by atoms with E-state index in [0.29, 0.717) is 0 Å². The maximum atomic E-state index is 13.3. The minimum absolute atomic E-state index is 0.115. The van der Waals surface area contributed by atoms with Crippen LogP contribution >= 0.6 is 0 Å². The van der Waals surface area contributed by atoms with Crippen LogP contribution in [0.5, 0.6) is 0 Å². The molecule has 0 amide bonds. The zero-order valence-corrected chi connectivity index (χ0v) is 24.1. The van der Waals surface area contributed by atoms with Gasteiger partial charge in [-0.15, -0.1) is 0 Å². The number of carbonyl (C=O) groups excluding carboxylic acids is 2. The second-order valence-electron chi connectivity index (χ2n) is 9.71. The van der Waals surface area contributed by atoms with Gasteiger partial charge in [-0.3, -0.25) is 0 Å². The van der Waals surface area contributed by atoms with Crippen LogP contribution in [0.15, 0.2) is 30.3 Å². The van der Waals surface area contributed by atoms with Crippen LogP contribution < -0.4 is 0 Å². The van der Waals surface area contributed by atoms with Gasteiger partial charge in [0.25, 0.3) is 0 Å². The first-order chi connectivity index (χ1) is 15.3. The summed E-state index contributed by atoms with van der Waals surface area (Å²) in [7, 11) is 0. The molecule has 1 aromatic carbocycles. The van der Waals surface area contributed by atoms with Crippen molar-refractivity contribution in [2.45, 2.75) is 110 Å². The normalized spacial score (nSPS) is 13.4. The number of rotatable bonds is 16. The number of carbonyl (C=O) groups is 2. The number of benzene rings is 1. The van der Waals surface area contributed by atoms with Crippen molar-refractivity contribution in [2.24, 2.45) is 5.41 Å². The van der Waals surface area contributed by atoms with E-state index in [-0.39, 0.29) is 12.6 Å². The molecule has 0 heterocycles. The molecule has 0 N–H and O–H groups in total. The summed E-state index contributed by atoms with van der Waals surface area (Å²) in [5.41, 5.74) is 0.286. The van der Waals surface area contributed by atoms with Crippen molar-refractivity contribution in [3.8, 4) is 0 Å². The Bertz CT molecular complexity index is 639. The monoisotopic (exact) mass is 554 g/mol. The van der Waals surface area contributed by atoms with Crippen molar-refractivity contribution in [3.63, 3.8) is 0 Å². The molecular weight excluding hydrogens is 507 g/mol. The Hall–Kier alpha value is -1.04. The molecule has 1 unspecified atom stereocenters. The van der Waals surface area contributed by atoms with Gasteiger partial charge in [0.15, 0.2) is 0 Å². The summed E-state index contributed by atoms with van der Waals surface area (Å²) < 4.78 is 15.5. The molecule has 1 aromatic rings. The van der Waals surface area contributed by atoms with Crippen molar-refractivity contribution in [1.29, 1.82) is 0 Å². The van der Waals surface area contributed by atoms with Crippen LogP contribution in [0.3, 0.4) is 0 Å². The molecule has 182 valence electrons. The molecular formula is C27H46O4Sn. The van der Waals surface area contributed by atoms with Crippen molar-refractivity contribution in [3.05, 3.63) is 35.9 Å². The Labute approximate surface area is 200 Å². The molecule has 1 rings (SSSR count). The third kappa shape index (κ3) is 10.3. The second-order valence-corrected chi connectivity index (χ2v) is 23.6. The van der Waals surface area contributed by atoms with Gasteiger partial charge in [0.05, 0.1) is 0 Å². The van der Waals surface area contributed by atoms with Crippen LogP contribution in [-0.2, 0) is 20.9 Å². The van der Waals surface area contributed by atoms with Crippen molar-refractivity contribution >= 4 is 30.5 Å². The zero-order chi connectivity index (χ0) is 23.9. The first-order valence-corrected chi connectivity index (χ1v) is 20.8. The third-order valence-electron chi connectivity index (χ3n) is 6.62. The Morgan fingerprint density at radius 3 is 1.84 bits per heavy atom. The van der Waals surface area contributed by atoms with Crippen molar-refractivity contribution in [2.75, 3.05) is 0 Å². The van der Waals surface area contributed by atoms with E-state index in [2.05, 4.69) is 27.7 Å². The number of esters is 1. The van der Waals surface area contributed by atoms with Crippen LogP contribution in [0.4, 0.5) is 4.79 Å². The van der Waals surface area contributed by atoms with Crippen LogP contribution in [0.2, 0.25) is 17.7 Å². The first kappa shape index (κ1) is 29.0. The molecule has 0 aromatic heterocycles. The predicted octanol–water partition coefficient (Wildman–Crippen LogP) is 8.52. The van der Waals surface area contributed by atoms with Gasteiger partial charge in [-0.05, 0) is 0 Å². The Morgan fingerprint density at radius 2 is 1.38 bits per heavy atom. The van der Waals surface area contributed by atoms with E-state index in [1.807, 2.05) is 37.3 Å². The van der Waals surface area contributed by atoms with E-state index in [9.17, 15) is 9.59 Å². The van der Waals surface area contributed by atoms with Crippen molar-refractivity contribution in [1.82, 2.24) is 0 Å². The fraction of sp³-hybridized carbons (Fsp3) is 0.704. The second kappa shape index (κ2) is 15.7. The minimum atomic E-state index is -2.59. The van der Waals surface area contributed by atoms with Crippen LogP contribution in [0.25, 0.3) is 0 Å². The molecule has 4 nitrogen and oxygen atoms in total. The molecule has 1 atom stereocenters. The Kier molecular flexibility index (Phi) is 14.3. The summed E-state index contributed by atoms with van der Waals surface area (Å²) in [5.74, 6) is -0.386. The average Bonchev–Trinajstić information content (AvgIpc) is 2.79. The topological polar surface area (TPSA) is 52.6 Å². The third-order valence-corrected chi connectivity index (χ3v) is 23.1. The van der Waals surface area contributed by atoms with Gasteiger partial charge in [0.1, 0.15) is 0 Å². The molecule has 0 spiro atoms. The van der Waals surface area contributed by atoms with Gasteiger partial charge in [-0.1, -0.05) is 0 Å². The standard InChI is InChI=1S/C15H19O4.3C4H9.Sn/c1-4-10-15(2,3)13(16)19-14(17)18-11-12-8-6-5-7-9-12;3*1-3-4-2;/h5-9H,2,4,10-11H2,1,3H3;3*1,3-4H2,2H3;. The molecule has 0 saturated carbocycles. The number of ether oxygens (including phenoxy) is 2. The summed E-state index contributed by atoms with van der Waals surface area (Å²) in [5, 5.41) is 0. The molecule has 0 aliphatic heterocycles. The summed E-state index contributed by atoms with van der Waals surface area (Å²) in [6.07, 6.45) is 8.20. The van der Waals surface area contributed by atoms with Gasteiger partial charge in [0, 0.05) is 0 Å². The molecule has 0 bridgehead atoms. The van der Waals surface area contributed by atoms with E-state index in [4.69, 9.17) is 9.47 Å². The molecule has 0 aliphatic rings. The summed E-state index contributed by atoms with van der Waals surface area (Å²) in [6.45, 7) is 11.1. The van der Waals surface area contributed by atoms with Gasteiger partial charge in [-0.25, -0.2) is 0 Å². The van der Waals surface area contributed by atoms with Gasteiger partial charge < -0.3 is 0 Å².